The largest absolute Gasteiger partial charge is 0.378 e. The van der Waals surface area contributed by atoms with E-state index in [0.717, 1.165) is 56.6 Å². The number of methoxy groups -OCH3 is 1. The predicted molar refractivity (Wildman–Crippen MR) is 77.9 cm³/mol. The zero-order valence-electron chi connectivity index (χ0n) is 11.8. The molecule has 108 valence electrons. The fourth-order valence-corrected chi connectivity index (χ4v) is 3.11. The van der Waals surface area contributed by atoms with E-state index in [2.05, 4.69) is 17.1 Å². The summed E-state index contributed by atoms with van der Waals surface area (Å²) in [5, 5.41) is 4.54. The lowest BCUT2D eigenvalue weighted by Crippen LogP contribution is -2.36. The number of thiazole rings is 1. The monoisotopic (exact) mass is 285 g/mol. The van der Waals surface area contributed by atoms with Crippen LogP contribution in [0.1, 0.15) is 23.9 Å². The van der Waals surface area contributed by atoms with Crippen LogP contribution in [0.2, 0.25) is 0 Å². The van der Waals surface area contributed by atoms with Crippen molar-refractivity contribution in [3.05, 3.63) is 10.6 Å². The minimum absolute atomic E-state index is 0.587. The van der Waals surface area contributed by atoms with E-state index >= 15 is 0 Å². The van der Waals surface area contributed by atoms with Crippen LogP contribution in [-0.4, -0.2) is 44.9 Å². The van der Waals surface area contributed by atoms with Gasteiger partial charge in [-0.15, -0.1) is 11.3 Å². The molecule has 0 radical (unpaired) electrons. The molecule has 0 aliphatic carbocycles. The second-order valence-corrected chi connectivity index (χ2v) is 5.64. The Labute approximate surface area is 118 Å². The summed E-state index contributed by atoms with van der Waals surface area (Å²) in [5.41, 5.74) is 1.07. The highest BCUT2D eigenvalue weighted by Gasteiger charge is 2.18. The summed E-state index contributed by atoms with van der Waals surface area (Å²) in [6, 6.07) is 0. The summed E-state index contributed by atoms with van der Waals surface area (Å²) < 4.78 is 10.6. The van der Waals surface area contributed by atoms with Gasteiger partial charge in [0.2, 0.25) is 0 Å². The van der Waals surface area contributed by atoms with Gasteiger partial charge in [-0.25, -0.2) is 4.98 Å². The van der Waals surface area contributed by atoms with Crippen molar-refractivity contribution in [2.75, 3.05) is 44.9 Å². The van der Waals surface area contributed by atoms with Gasteiger partial charge in [0.1, 0.15) is 0 Å². The van der Waals surface area contributed by atoms with E-state index in [9.17, 15) is 0 Å². The van der Waals surface area contributed by atoms with Gasteiger partial charge in [0.25, 0.3) is 0 Å². The second-order valence-electron chi connectivity index (χ2n) is 4.58. The summed E-state index contributed by atoms with van der Waals surface area (Å²) >= 11 is 1.77. The van der Waals surface area contributed by atoms with Gasteiger partial charge in [0.05, 0.1) is 25.5 Å². The molecule has 1 N–H and O–H groups in total. The molecule has 1 aromatic heterocycles. The van der Waals surface area contributed by atoms with E-state index in [1.807, 2.05) is 0 Å². The minimum Gasteiger partial charge on any atom is -0.378 e. The van der Waals surface area contributed by atoms with Gasteiger partial charge < -0.3 is 19.7 Å². The van der Waals surface area contributed by atoms with Gasteiger partial charge in [-0.3, -0.25) is 0 Å². The Hall–Kier alpha value is -0.690. The van der Waals surface area contributed by atoms with Gasteiger partial charge in [-0.1, -0.05) is 6.92 Å². The SMILES string of the molecule is CCCNCc1sc(N2CCOCC2)nc1COC. The van der Waals surface area contributed by atoms with E-state index in [0.29, 0.717) is 6.61 Å². The van der Waals surface area contributed by atoms with Crippen molar-refractivity contribution in [1.29, 1.82) is 0 Å². The number of morpholine rings is 1. The molecule has 0 atom stereocenters. The number of nitrogens with one attached hydrogen (secondary N) is 1. The third-order valence-electron chi connectivity index (χ3n) is 3.04. The molecular weight excluding hydrogens is 262 g/mol. The van der Waals surface area contributed by atoms with Crippen LogP contribution in [-0.2, 0) is 22.6 Å². The van der Waals surface area contributed by atoms with Crippen molar-refractivity contribution < 1.29 is 9.47 Å². The van der Waals surface area contributed by atoms with Crippen LogP contribution in [0.25, 0.3) is 0 Å². The maximum absolute atomic E-state index is 5.38. The van der Waals surface area contributed by atoms with E-state index in [1.54, 1.807) is 18.4 Å². The third-order valence-corrected chi connectivity index (χ3v) is 4.20. The van der Waals surface area contributed by atoms with Crippen molar-refractivity contribution in [2.24, 2.45) is 0 Å². The molecule has 0 spiro atoms. The lowest BCUT2D eigenvalue weighted by molar-refractivity contribution is 0.122. The molecule has 0 bridgehead atoms. The van der Waals surface area contributed by atoms with Gasteiger partial charge in [-0.2, -0.15) is 0 Å². The molecule has 2 heterocycles. The summed E-state index contributed by atoms with van der Waals surface area (Å²) in [5.74, 6) is 0. The first kappa shape index (κ1) is 14.7. The molecule has 1 aliphatic heterocycles. The van der Waals surface area contributed by atoms with Crippen LogP contribution in [0.3, 0.4) is 0 Å². The van der Waals surface area contributed by atoms with Gasteiger partial charge in [0.15, 0.2) is 5.13 Å². The van der Waals surface area contributed by atoms with Crippen LogP contribution in [0, 0.1) is 0 Å². The van der Waals surface area contributed by atoms with Crippen LogP contribution >= 0.6 is 11.3 Å². The van der Waals surface area contributed by atoms with Gasteiger partial charge in [-0.05, 0) is 13.0 Å². The van der Waals surface area contributed by atoms with Gasteiger partial charge in [0, 0.05) is 31.6 Å². The Morgan fingerprint density at radius 1 is 1.42 bits per heavy atom. The normalized spacial score (nSPS) is 16.0. The lowest BCUT2D eigenvalue weighted by atomic mass is 10.3. The molecule has 19 heavy (non-hydrogen) atoms. The maximum atomic E-state index is 5.38. The fourth-order valence-electron chi connectivity index (χ4n) is 2.03. The van der Waals surface area contributed by atoms with Crippen LogP contribution in [0.4, 0.5) is 5.13 Å². The topological polar surface area (TPSA) is 46.6 Å². The Bertz CT molecular complexity index is 378. The standard InChI is InChI=1S/C13H23N3O2S/c1-3-4-14-9-12-11(10-17-2)15-13(19-12)16-5-7-18-8-6-16/h14H,3-10H2,1-2H3. The molecule has 1 aliphatic rings. The van der Waals surface area contributed by atoms with Crippen molar-refractivity contribution in [1.82, 2.24) is 10.3 Å². The summed E-state index contributed by atoms with van der Waals surface area (Å²) in [4.78, 5) is 8.32. The molecule has 5 nitrogen and oxygen atoms in total. The third kappa shape index (κ3) is 4.14. The number of hydrogen-bond acceptors (Lipinski definition) is 6. The average Bonchev–Trinajstić information content (AvgIpc) is 2.84. The average molecular weight is 285 g/mol. The minimum atomic E-state index is 0.587. The van der Waals surface area contributed by atoms with Crippen molar-refractivity contribution in [3.63, 3.8) is 0 Å². The number of hydrogen-bond donors (Lipinski definition) is 1. The zero-order chi connectivity index (χ0) is 13.5. The Kier molecular flexibility index (Phi) is 6.03. The zero-order valence-corrected chi connectivity index (χ0v) is 12.6. The summed E-state index contributed by atoms with van der Waals surface area (Å²) in [7, 11) is 1.72. The highest BCUT2D eigenvalue weighted by Crippen LogP contribution is 2.27. The number of rotatable bonds is 7. The van der Waals surface area contributed by atoms with E-state index in [1.165, 1.54) is 4.88 Å². The second kappa shape index (κ2) is 7.79. The highest BCUT2D eigenvalue weighted by molar-refractivity contribution is 7.15. The lowest BCUT2D eigenvalue weighted by Gasteiger charge is -2.26. The summed E-state index contributed by atoms with van der Waals surface area (Å²) in [6.07, 6.45) is 1.15. The van der Waals surface area contributed by atoms with Crippen LogP contribution in [0.5, 0.6) is 0 Å². The van der Waals surface area contributed by atoms with E-state index in [4.69, 9.17) is 14.5 Å². The number of nitrogens with zero attached hydrogens (tertiary/aromatic N) is 2. The van der Waals surface area contributed by atoms with Crippen molar-refractivity contribution in [2.45, 2.75) is 26.5 Å². The van der Waals surface area contributed by atoms with Crippen molar-refractivity contribution in [3.8, 4) is 0 Å². The molecule has 0 unspecified atom stereocenters. The first-order valence-corrected chi connectivity index (χ1v) is 7.67. The Balaban J connectivity index is 2.04. The fraction of sp³-hybridized carbons (Fsp3) is 0.769. The first-order valence-electron chi connectivity index (χ1n) is 6.86. The number of anilines is 1. The number of aromatic nitrogens is 1. The van der Waals surface area contributed by atoms with E-state index < -0.39 is 0 Å². The highest BCUT2D eigenvalue weighted by atomic mass is 32.1. The molecule has 1 aromatic rings. The molecule has 0 aromatic carbocycles. The maximum Gasteiger partial charge on any atom is 0.186 e. The predicted octanol–water partition coefficient (Wildman–Crippen LogP) is 1.63. The molecule has 6 heteroatoms. The van der Waals surface area contributed by atoms with Crippen LogP contribution in [0.15, 0.2) is 0 Å². The molecule has 1 saturated heterocycles. The van der Waals surface area contributed by atoms with E-state index in [-0.39, 0.29) is 0 Å². The van der Waals surface area contributed by atoms with Crippen LogP contribution < -0.4 is 10.2 Å². The van der Waals surface area contributed by atoms with Gasteiger partial charge >= 0.3 is 0 Å². The quantitative estimate of drug-likeness (QED) is 0.772. The molecule has 2 rings (SSSR count). The number of ether oxygens (including phenoxy) is 2. The smallest absolute Gasteiger partial charge is 0.186 e. The Morgan fingerprint density at radius 3 is 2.89 bits per heavy atom. The first-order chi connectivity index (χ1) is 9.35. The molecule has 1 fully saturated rings. The molecular formula is C13H23N3O2S. The van der Waals surface area contributed by atoms with Crippen molar-refractivity contribution >= 4 is 16.5 Å². The Morgan fingerprint density at radius 2 is 2.21 bits per heavy atom. The molecule has 0 amide bonds. The molecule has 0 saturated carbocycles. The summed E-state index contributed by atoms with van der Waals surface area (Å²) in [6.45, 7) is 8.14.